The van der Waals surface area contributed by atoms with E-state index in [1.165, 1.54) is 23.1 Å². The zero-order chi connectivity index (χ0) is 14.6. The number of nitrogens with zero attached hydrogens (tertiary/aromatic N) is 3. The van der Waals surface area contributed by atoms with Gasteiger partial charge >= 0.3 is 0 Å². The number of carbonyl (C=O) groups excluding carboxylic acids is 1. The topological polar surface area (TPSA) is 87.2 Å². The molecule has 1 rings (SSSR count). The summed E-state index contributed by atoms with van der Waals surface area (Å²) >= 11 is 0. The van der Waals surface area contributed by atoms with E-state index < -0.39 is 4.92 Å². The maximum Gasteiger partial charge on any atom is 0.272 e. The van der Waals surface area contributed by atoms with Crippen molar-refractivity contribution in [2.75, 3.05) is 7.05 Å². The Balaban J connectivity index is 2.98. The number of benzene rings is 1. The zero-order valence-electron chi connectivity index (χ0n) is 11.1. The molecule has 1 aromatic rings. The minimum Gasteiger partial charge on any atom is -0.338 e. The van der Waals surface area contributed by atoms with Crippen molar-refractivity contribution in [3.8, 4) is 6.07 Å². The number of carbonyl (C=O) groups is 1. The maximum atomic E-state index is 12.1. The molecule has 1 aromatic carbocycles. The van der Waals surface area contributed by atoms with Crippen LogP contribution in [0.4, 0.5) is 5.69 Å². The molecule has 1 atom stereocenters. The average molecular weight is 261 g/mol. The van der Waals surface area contributed by atoms with Gasteiger partial charge in [-0.2, -0.15) is 5.26 Å². The van der Waals surface area contributed by atoms with Gasteiger partial charge in [0.1, 0.15) is 0 Å². The van der Waals surface area contributed by atoms with Crippen LogP contribution in [-0.4, -0.2) is 28.8 Å². The molecular formula is C13H15N3O3. The van der Waals surface area contributed by atoms with Gasteiger partial charge in [0.2, 0.25) is 0 Å². The van der Waals surface area contributed by atoms with Crippen LogP contribution >= 0.6 is 0 Å². The van der Waals surface area contributed by atoms with E-state index in [1.807, 2.05) is 6.07 Å². The fraction of sp³-hybridized carbons (Fsp3) is 0.385. The lowest BCUT2D eigenvalue weighted by atomic mass is 10.1. The van der Waals surface area contributed by atoms with Crippen molar-refractivity contribution in [3.63, 3.8) is 0 Å². The summed E-state index contributed by atoms with van der Waals surface area (Å²) in [6.07, 6.45) is 0.244. The summed E-state index contributed by atoms with van der Waals surface area (Å²) in [5.41, 5.74) is 0.817. The van der Waals surface area contributed by atoms with Crippen LogP contribution in [0.3, 0.4) is 0 Å². The minimum absolute atomic E-state index is 0.00993. The molecule has 19 heavy (non-hydrogen) atoms. The highest BCUT2D eigenvalue weighted by molar-refractivity contribution is 5.94. The van der Waals surface area contributed by atoms with Gasteiger partial charge in [-0.25, -0.2) is 0 Å². The number of amides is 1. The number of nitro groups is 1. The lowest BCUT2D eigenvalue weighted by Crippen LogP contribution is -2.34. The largest absolute Gasteiger partial charge is 0.338 e. The number of rotatable bonds is 4. The Kier molecular flexibility index (Phi) is 4.59. The SMILES string of the molecule is Cc1cc(C(=O)N(C)[C@@H](C)CC#N)ccc1[N+](=O)[O-]. The van der Waals surface area contributed by atoms with Crippen LogP contribution in [0.25, 0.3) is 0 Å². The second-order valence-electron chi connectivity index (χ2n) is 4.39. The summed E-state index contributed by atoms with van der Waals surface area (Å²) in [5.74, 6) is -0.249. The van der Waals surface area contributed by atoms with Crippen LogP contribution in [-0.2, 0) is 0 Å². The molecule has 0 saturated heterocycles. The fourth-order valence-corrected chi connectivity index (χ4v) is 1.67. The lowest BCUT2D eigenvalue weighted by molar-refractivity contribution is -0.385. The van der Waals surface area contributed by atoms with E-state index in [4.69, 9.17) is 5.26 Å². The van der Waals surface area contributed by atoms with Gasteiger partial charge in [-0.15, -0.1) is 0 Å². The van der Waals surface area contributed by atoms with Crippen molar-refractivity contribution in [2.45, 2.75) is 26.3 Å². The summed E-state index contributed by atoms with van der Waals surface area (Å²) in [6.45, 7) is 3.37. The van der Waals surface area contributed by atoms with Crippen molar-refractivity contribution in [1.82, 2.24) is 4.90 Å². The van der Waals surface area contributed by atoms with E-state index in [0.29, 0.717) is 11.1 Å². The number of nitro benzene ring substituents is 1. The van der Waals surface area contributed by atoms with E-state index >= 15 is 0 Å². The number of hydrogen-bond acceptors (Lipinski definition) is 4. The monoisotopic (exact) mass is 261 g/mol. The third kappa shape index (κ3) is 3.28. The van der Waals surface area contributed by atoms with E-state index in [0.717, 1.165) is 0 Å². The molecule has 0 N–H and O–H groups in total. The van der Waals surface area contributed by atoms with Crippen molar-refractivity contribution in [1.29, 1.82) is 5.26 Å². The van der Waals surface area contributed by atoms with Crippen molar-refractivity contribution in [3.05, 3.63) is 39.4 Å². The summed E-state index contributed by atoms with van der Waals surface area (Å²) in [6, 6.07) is 6.06. The van der Waals surface area contributed by atoms with Crippen molar-refractivity contribution >= 4 is 11.6 Å². The molecule has 6 nitrogen and oxygen atoms in total. The van der Waals surface area contributed by atoms with Gasteiger partial charge in [0.15, 0.2) is 0 Å². The van der Waals surface area contributed by atoms with Gasteiger partial charge < -0.3 is 4.90 Å². The van der Waals surface area contributed by atoms with Gasteiger partial charge in [-0.05, 0) is 26.0 Å². The number of aryl methyl sites for hydroxylation is 1. The van der Waals surface area contributed by atoms with Crippen LogP contribution in [0.2, 0.25) is 0 Å². The molecule has 0 radical (unpaired) electrons. The van der Waals surface area contributed by atoms with Crippen LogP contribution < -0.4 is 0 Å². The lowest BCUT2D eigenvalue weighted by Gasteiger charge is -2.23. The highest BCUT2D eigenvalue weighted by Crippen LogP contribution is 2.20. The third-order valence-corrected chi connectivity index (χ3v) is 3.01. The molecule has 0 heterocycles. The predicted octanol–water partition coefficient (Wildman–Crippen LogP) is 2.28. The van der Waals surface area contributed by atoms with Crippen LogP contribution in [0.5, 0.6) is 0 Å². The van der Waals surface area contributed by atoms with Gasteiger partial charge in [0.05, 0.1) is 17.4 Å². The molecule has 0 saturated carbocycles. The summed E-state index contributed by atoms with van der Waals surface area (Å²) < 4.78 is 0. The standard InChI is InChI=1S/C13H15N3O3/c1-9-8-11(4-5-12(9)16(18)19)13(17)15(3)10(2)6-7-14/h4-5,8,10H,6H2,1-3H3/t10-/m0/s1. The first-order chi connectivity index (χ1) is 8.88. The molecule has 0 spiro atoms. The smallest absolute Gasteiger partial charge is 0.272 e. The first-order valence-electron chi connectivity index (χ1n) is 5.77. The normalized spacial score (nSPS) is 11.5. The number of nitriles is 1. The second-order valence-corrected chi connectivity index (χ2v) is 4.39. The molecule has 0 unspecified atom stereocenters. The van der Waals surface area contributed by atoms with Crippen molar-refractivity contribution < 1.29 is 9.72 Å². The molecule has 0 aliphatic rings. The Bertz CT molecular complexity index is 549. The van der Waals surface area contributed by atoms with Gasteiger partial charge in [0.25, 0.3) is 11.6 Å². The summed E-state index contributed by atoms with van der Waals surface area (Å²) in [4.78, 5) is 23.8. The van der Waals surface area contributed by atoms with E-state index in [9.17, 15) is 14.9 Å². The molecule has 0 aromatic heterocycles. The number of hydrogen-bond donors (Lipinski definition) is 0. The summed E-state index contributed by atoms with van der Waals surface area (Å²) in [5, 5.41) is 19.3. The van der Waals surface area contributed by atoms with Gasteiger partial charge in [-0.1, -0.05) is 0 Å². The Hall–Kier alpha value is -2.42. The van der Waals surface area contributed by atoms with Crippen LogP contribution in [0.1, 0.15) is 29.3 Å². The zero-order valence-corrected chi connectivity index (χ0v) is 11.1. The fourth-order valence-electron chi connectivity index (χ4n) is 1.67. The van der Waals surface area contributed by atoms with E-state index in [1.54, 1.807) is 20.9 Å². The highest BCUT2D eigenvalue weighted by Gasteiger charge is 2.19. The molecular weight excluding hydrogens is 246 g/mol. The molecule has 0 aliphatic heterocycles. The third-order valence-electron chi connectivity index (χ3n) is 3.01. The van der Waals surface area contributed by atoms with E-state index in [-0.39, 0.29) is 24.1 Å². The predicted molar refractivity (Wildman–Crippen MR) is 69.6 cm³/mol. The molecule has 6 heteroatoms. The average Bonchev–Trinajstić information content (AvgIpc) is 2.36. The molecule has 1 amide bonds. The quantitative estimate of drug-likeness (QED) is 0.614. The van der Waals surface area contributed by atoms with Crippen LogP contribution in [0.15, 0.2) is 18.2 Å². The molecule has 0 bridgehead atoms. The van der Waals surface area contributed by atoms with Gasteiger partial charge in [0, 0.05) is 30.3 Å². The van der Waals surface area contributed by atoms with Crippen molar-refractivity contribution in [2.24, 2.45) is 0 Å². The Morgan fingerprint density at radius 2 is 2.21 bits per heavy atom. The molecule has 100 valence electrons. The first kappa shape index (κ1) is 14.6. The Morgan fingerprint density at radius 1 is 1.58 bits per heavy atom. The van der Waals surface area contributed by atoms with E-state index in [2.05, 4.69) is 0 Å². The Labute approximate surface area is 111 Å². The second kappa shape index (κ2) is 5.96. The molecule has 0 aliphatic carbocycles. The maximum absolute atomic E-state index is 12.1. The highest BCUT2D eigenvalue weighted by atomic mass is 16.6. The Morgan fingerprint density at radius 3 is 2.68 bits per heavy atom. The van der Waals surface area contributed by atoms with Crippen LogP contribution in [0, 0.1) is 28.4 Å². The minimum atomic E-state index is -0.481. The first-order valence-corrected chi connectivity index (χ1v) is 5.77. The molecule has 0 fully saturated rings. The van der Waals surface area contributed by atoms with Gasteiger partial charge in [-0.3, -0.25) is 14.9 Å². The summed E-state index contributed by atoms with van der Waals surface area (Å²) in [7, 11) is 1.61.